The van der Waals surface area contributed by atoms with Crippen molar-refractivity contribution in [3.05, 3.63) is 120 Å². The van der Waals surface area contributed by atoms with E-state index in [1.165, 1.54) is 0 Å². The van der Waals surface area contributed by atoms with Gasteiger partial charge in [0.15, 0.2) is 0 Å². The second-order valence-electron chi connectivity index (χ2n) is 9.90. The van der Waals surface area contributed by atoms with Gasteiger partial charge in [-0.1, -0.05) is 78.9 Å². The Balaban J connectivity index is 1.47. The van der Waals surface area contributed by atoms with Gasteiger partial charge in [-0.3, -0.25) is 9.69 Å². The standard InChI is InChI=1S/C31H34N4O4S/c36-30(28-14-8-3-9-15-28)34(17-16-33-18-20-39-21-19-33)24-29-22-32-31(35(29)23-26-10-4-1-5-11-26)40(37,38)25-27-12-6-2-7-13-27/h1-15,22H,16-21,23-25H2. The first kappa shape index (κ1) is 27.8. The van der Waals surface area contributed by atoms with Crippen LogP contribution in [0.25, 0.3) is 0 Å². The molecule has 1 fully saturated rings. The van der Waals surface area contributed by atoms with Gasteiger partial charge in [0.1, 0.15) is 0 Å². The minimum Gasteiger partial charge on any atom is -0.379 e. The van der Waals surface area contributed by atoms with E-state index >= 15 is 0 Å². The molecule has 40 heavy (non-hydrogen) atoms. The van der Waals surface area contributed by atoms with Crippen molar-refractivity contribution in [3.8, 4) is 0 Å². The Hall–Kier alpha value is -3.79. The van der Waals surface area contributed by atoms with Crippen LogP contribution in [-0.2, 0) is 33.4 Å². The average molecular weight is 559 g/mol. The third-order valence-electron chi connectivity index (χ3n) is 7.01. The normalized spacial score (nSPS) is 14.2. The van der Waals surface area contributed by atoms with Gasteiger partial charge in [-0.2, -0.15) is 0 Å². The first-order valence-corrected chi connectivity index (χ1v) is 15.1. The fourth-order valence-corrected chi connectivity index (χ4v) is 6.35. The van der Waals surface area contributed by atoms with E-state index in [4.69, 9.17) is 4.74 Å². The summed E-state index contributed by atoms with van der Waals surface area (Å²) < 4.78 is 34.5. The maximum Gasteiger partial charge on any atom is 0.254 e. The molecule has 2 heterocycles. The van der Waals surface area contributed by atoms with Crippen molar-refractivity contribution in [2.45, 2.75) is 24.0 Å². The van der Waals surface area contributed by atoms with Gasteiger partial charge < -0.3 is 14.2 Å². The molecule has 0 radical (unpaired) electrons. The SMILES string of the molecule is O=C(c1ccccc1)N(CCN1CCOCC1)Cc1cnc(S(=O)(=O)Cc2ccccc2)n1Cc1ccccc1. The van der Waals surface area contributed by atoms with Crippen molar-refractivity contribution in [2.75, 3.05) is 39.4 Å². The summed E-state index contributed by atoms with van der Waals surface area (Å²) in [7, 11) is -3.75. The highest BCUT2D eigenvalue weighted by molar-refractivity contribution is 7.90. The van der Waals surface area contributed by atoms with Crippen molar-refractivity contribution >= 4 is 15.7 Å². The van der Waals surface area contributed by atoms with Crippen molar-refractivity contribution in [2.24, 2.45) is 0 Å². The number of morpholine rings is 1. The predicted octanol–water partition coefficient (Wildman–Crippen LogP) is 3.88. The van der Waals surface area contributed by atoms with E-state index < -0.39 is 9.84 Å². The molecule has 1 amide bonds. The second kappa shape index (κ2) is 13.0. The molecule has 1 aromatic heterocycles. The molecule has 1 aliphatic heterocycles. The second-order valence-corrected chi connectivity index (χ2v) is 11.8. The summed E-state index contributed by atoms with van der Waals surface area (Å²) in [6.07, 6.45) is 1.60. The topological polar surface area (TPSA) is 84.7 Å². The average Bonchev–Trinajstić information content (AvgIpc) is 3.39. The van der Waals surface area contributed by atoms with Crippen molar-refractivity contribution in [1.82, 2.24) is 19.4 Å². The number of amides is 1. The van der Waals surface area contributed by atoms with Gasteiger partial charge in [-0.25, -0.2) is 13.4 Å². The van der Waals surface area contributed by atoms with Gasteiger partial charge in [-0.15, -0.1) is 0 Å². The molecule has 1 aliphatic rings. The molecule has 0 unspecified atom stereocenters. The van der Waals surface area contributed by atoms with E-state index in [0.717, 1.165) is 18.7 Å². The Morgan fingerprint density at radius 3 is 2.10 bits per heavy atom. The van der Waals surface area contributed by atoms with Gasteiger partial charge in [0.2, 0.25) is 15.0 Å². The quantitative estimate of drug-likeness (QED) is 0.278. The molecule has 1 saturated heterocycles. The lowest BCUT2D eigenvalue weighted by molar-refractivity contribution is 0.0319. The molecule has 208 valence electrons. The van der Waals surface area contributed by atoms with E-state index in [2.05, 4.69) is 9.88 Å². The first-order valence-electron chi connectivity index (χ1n) is 13.5. The molecule has 9 heteroatoms. The Morgan fingerprint density at radius 2 is 1.45 bits per heavy atom. The smallest absolute Gasteiger partial charge is 0.254 e. The largest absolute Gasteiger partial charge is 0.379 e. The summed E-state index contributed by atoms with van der Waals surface area (Å²) >= 11 is 0. The number of sulfone groups is 1. The number of aromatic nitrogens is 2. The summed E-state index contributed by atoms with van der Waals surface area (Å²) in [5, 5.41) is 0.00972. The fourth-order valence-electron chi connectivity index (χ4n) is 4.86. The fraction of sp³-hybridized carbons (Fsp3) is 0.290. The third kappa shape index (κ3) is 7.04. The molecule has 0 aliphatic carbocycles. The maximum atomic E-state index is 13.7. The molecule has 4 aromatic rings. The minimum absolute atomic E-state index is 0.00972. The van der Waals surface area contributed by atoms with Crippen LogP contribution < -0.4 is 0 Å². The van der Waals surface area contributed by atoms with Crippen LogP contribution in [0.2, 0.25) is 0 Å². The monoisotopic (exact) mass is 558 g/mol. The van der Waals surface area contributed by atoms with E-state index in [9.17, 15) is 13.2 Å². The van der Waals surface area contributed by atoms with E-state index in [1.54, 1.807) is 39.9 Å². The minimum atomic E-state index is -3.75. The molecule has 5 rings (SSSR count). The molecule has 0 bridgehead atoms. The van der Waals surface area contributed by atoms with Gasteiger partial charge in [0.25, 0.3) is 5.91 Å². The van der Waals surface area contributed by atoms with Gasteiger partial charge in [0, 0.05) is 31.7 Å². The number of rotatable bonds is 11. The maximum absolute atomic E-state index is 13.7. The number of benzene rings is 3. The number of hydrogen-bond acceptors (Lipinski definition) is 6. The molecule has 0 saturated carbocycles. The third-order valence-corrected chi connectivity index (χ3v) is 8.61. The Bertz CT molecular complexity index is 1490. The Labute approximate surface area is 235 Å². The summed E-state index contributed by atoms with van der Waals surface area (Å²) in [4.78, 5) is 22.2. The van der Waals surface area contributed by atoms with Crippen LogP contribution in [0.1, 0.15) is 27.2 Å². The van der Waals surface area contributed by atoms with E-state index in [1.807, 2.05) is 66.7 Å². The molecule has 8 nitrogen and oxygen atoms in total. The summed E-state index contributed by atoms with van der Waals surface area (Å²) in [5.41, 5.74) is 2.91. The summed E-state index contributed by atoms with van der Waals surface area (Å²) in [6, 6.07) is 28.0. The first-order chi connectivity index (χ1) is 19.5. The molecule has 3 aromatic carbocycles. The van der Waals surface area contributed by atoms with Crippen LogP contribution in [0, 0.1) is 0 Å². The number of ether oxygens (including phenoxy) is 1. The zero-order valence-electron chi connectivity index (χ0n) is 22.4. The summed E-state index contributed by atoms with van der Waals surface area (Å²) in [5.74, 6) is -0.252. The van der Waals surface area contributed by atoms with Crippen LogP contribution in [0.5, 0.6) is 0 Å². The molecular formula is C31H34N4O4S. The zero-order valence-corrected chi connectivity index (χ0v) is 23.2. The molecule has 0 atom stereocenters. The highest BCUT2D eigenvalue weighted by Gasteiger charge is 2.26. The summed E-state index contributed by atoms with van der Waals surface area (Å²) in [6.45, 7) is 4.76. The van der Waals surface area contributed by atoms with Crippen LogP contribution >= 0.6 is 0 Å². The van der Waals surface area contributed by atoms with Crippen LogP contribution in [0.15, 0.2) is 102 Å². The van der Waals surface area contributed by atoms with Gasteiger partial charge in [-0.05, 0) is 23.3 Å². The number of imidazole rings is 1. The Morgan fingerprint density at radius 1 is 0.850 bits per heavy atom. The van der Waals surface area contributed by atoms with Gasteiger partial charge in [0.05, 0.1) is 43.9 Å². The number of nitrogens with zero attached hydrogens (tertiary/aromatic N) is 4. The van der Waals surface area contributed by atoms with Crippen LogP contribution in [0.3, 0.4) is 0 Å². The lowest BCUT2D eigenvalue weighted by Gasteiger charge is -2.30. The molecular weight excluding hydrogens is 524 g/mol. The Kier molecular flexibility index (Phi) is 9.05. The lowest BCUT2D eigenvalue weighted by atomic mass is 10.2. The zero-order chi connectivity index (χ0) is 27.8. The highest BCUT2D eigenvalue weighted by atomic mass is 32.2. The van der Waals surface area contributed by atoms with Gasteiger partial charge >= 0.3 is 0 Å². The van der Waals surface area contributed by atoms with Crippen molar-refractivity contribution in [3.63, 3.8) is 0 Å². The van der Waals surface area contributed by atoms with Crippen molar-refractivity contribution < 1.29 is 17.9 Å². The molecule has 0 N–H and O–H groups in total. The lowest BCUT2D eigenvalue weighted by Crippen LogP contribution is -2.43. The van der Waals surface area contributed by atoms with E-state index in [-0.39, 0.29) is 23.4 Å². The highest BCUT2D eigenvalue weighted by Crippen LogP contribution is 2.21. The van der Waals surface area contributed by atoms with Crippen molar-refractivity contribution in [1.29, 1.82) is 0 Å². The number of carbonyl (C=O) groups is 1. The number of carbonyl (C=O) groups excluding carboxylic acids is 1. The van der Waals surface area contributed by atoms with Crippen LogP contribution in [-0.4, -0.2) is 73.1 Å². The molecule has 0 spiro atoms. The van der Waals surface area contributed by atoms with E-state index in [0.29, 0.717) is 49.7 Å². The predicted molar refractivity (Wildman–Crippen MR) is 154 cm³/mol. The van der Waals surface area contributed by atoms with Crippen LogP contribution in [0.4, 0.5) is 0 Å². The number of hydrogen-bond donors (Lipinski definition) is 0.